The zero-order chi connectivity index (χ0) is 15.9. The molecule has 0 aliphatic carbocycles. The number of nitrogens with one attached hydrogen (secondary N) is 1. The molecule has 22 heavy (non-hydrogen) atoms. The minimum Gasteiger partial charge on any atom is -0.338 e. The van der Waals surface area contributed by atoms with Gasteiger partial charge in [0.1, 0.15) is 5.01 Å². The van der Waals surface area contributed by atoms with Crippen LogP contribution in [-0.2, 0) is 19.4 Å². The third-order valence-electron chi connectivity index (χ3n) is 3.33. The van der Waals surface area contributed by atoms with Crippen molar-refractivity contribution in [2.75, 3.05) is 13.6 Å². The van der Waals surface area contributed by atoms with Gasteiger partial charge in [-0.2, -0.15) is 0 Å². The summed E-state index contributed by atoms with van der Waals surface area (Å²) in [4.78, 5) is 23.5. The van der Waals surface area contributed by atoms with Gasteiger partial charge in [-0.3, -0.25) is 4.98 Å². The Labute approximate surface area is 135 Å². The van der Waals surface area contributed by atoms with E-state index in [1.54, 1.807) is 23.3 Å². The minimum atomic E-state index is -0.0756. The van der Waals surface area contributed by atoms with E-state index >= 15 is 0 Å². The number of amides is 2. The highest BCUT2D eigenvalue weighted by atomic mass is 32.1. The summed E-state index contributed by atoms with van der Waals surface area (Å²) in [6, 6.07) is 3.95. The van der Waals surface area contributed by atoms with Crippen molar-refractivity contribution in [1.29, 1.82) is 0 Å². The molecule has 0 radical (unpaired) electrons. The lowest BCUT2D eigenvalue weighted by molar-refractivity contribution is 0.207. The Morgan fingerprint density at radius 3 is 2.77 bits per heavy atom. The van der Waals surface area contributed by atoms with Crippen LogP contribution in [0, 0.1) is 6.92 Å². The number of hydrogen-bond donors (Lipinski definition) is 1. The first-order chi connectivity index (χ1) is 10.6. The van der Waals surface area contributed by atoms with Crippen LogP contribution in [0.1, 0.15) is 28.1 Å². The van der Waals surface area contributed by atoms with Crippen molar-refractivity contribution in [3.8, 4) is 0 Å². The van der Waals surface area contributed by atoms with Gasteiger partial charge in [-0.25, -0.2) is 9.78 Å². The molecular formula is C16H22N4OS. The van der Waals surface area contributed by atoms with E-state index in [0.29, 0.717) is 13.1 Å². The van der Waals surface area contributed by atoms with Crippen LogP contribution in [0.25, 0.3) is 0 Å². The van der Waals surface area contributed by atoms with Crippen molar-refractivity contribution in [1.82, 2.24) is 20.2 Å². The number of aryl methyl sites for hydroxylation is 2. The molecule has 2 rings (SSSR count). The highest BCUT2D eigenvalue weighted by Gasteiger charge is 2.10. The highest BCUT2D eigenvalue weighted by Crippen LogP contribution is 2.14. The molecule has 0 aliphatic rings. The highest BCUT2D eigenvalue weighted by molar-refractivity contribution is 7.11. The Morgan fingerprint density at radius 1 is 1.32 bits per heavy atom. The summed E-state index contributed by atoms with van der Waals surface area (Å²) in [5.41, 5.74) is 2.13. The summed E-state index contributed by atoms with van der Waals surface area (Å²) < 4.78 is 0. The standard InChI is InChI=1S/C16H22N4OS/c1-4-14-10-19-15(22-14)11-20(3)16(21)17-8-7-13-6-5-12(2)18-9-13/h5-6,9-10H,4,7-8,11H2,1-3H3,(H,17,21). The molecule has 0 unspecified atom stereocenters. The molecule has 2 heterocycles. The summed E-state index contributed by atoms with van der Waals surface area (Å²) in [7, 11) is 1.79. The second-order valence-electron chi connectivity index (χ2n) is 5.22. The molecule has 0 saturated heterocycles. The molecule has 0 atom stereocenters. The van der Waals surface area contributed by atoms with E-state index in [1.807, 2.05) is 31.5 Å². The lowest BCUT2D eigenvalue weighted by Crippen LogP contribution is -2.37. The molecule has 5 nitrogen and oxygen atoms in total. The quantitative estimate of drug-likeness (QED) is 0.891. The third kappa shape index (κ3) is 4.80. The second-order valence-corrected chi connectivity index (χ2v) is 6.42. The predicted octanol–water partition coefficient (Wildman–Crippen LogP) is 2.79. The first kappa shape index (κ1) is 16.4. The van der Waals surface area contributed by atoms with Crippen LogP contribution in [0.3, 0.4) is 0 Å². The van der Waals surface area contributed by atoms with E-state index in [2.05, 4.69) is 22.2 Å². The predicted molar refractivity (Wildman–Crippen MR) is 89.0 cm³/mol. The number of aromatic nitrogens is 2. The van der Waals surface area contributed by atoms with Crippen LogP contribution in [0.15, 0.2) is 24.5 Å². The van der Waals surface area contributed by atoms with Crippen molar-refractivity contribution in [2.24, 2.45) is 0 Å². The first-order valence-corrected chi connectivity index (χ1v) is 8.24. The molecule has 0 aliphatic heterocycles. The Balaban J connectivity index is 1.75. The van der Waals surface area contributed by atoms with Gasteiger partial charge in [0, 0.05) is 36.6 Å². The monoisotopic (exact) mass is 318 g/mol. The average Bonchev–Trinajstić information content (AvgIpc) is 2.96. The molecule has 0 bridgehead atoms. The molecule has 0 spiro atoms. The number of nitrogens with zero attached hydrogens (tertiary/aromatic N) is 3. The molecule has 0 fully saturated rings. The van der Waals surface area contributed by atoms with Gasteiger partial charge in [-0.15, -0.1) is 11.3 Å². The fourth-order valence-electron chi connectivity index (χ4n) is 1.95. The van der Waals surface area contributed by atoms with Crippen LogP contribution in [0.4, 0.5) is 4.79 Å². The third-order valence-corrected chi connectivity index (χ3v) is 4.46. The van der Waals surface area contributed by atoms with Crippen LogP contribution in [-0.4, -0.2) is 34.5 Å². The van der Waals surface area contributed by atoms with Gasteiger partial charge in [0.25, 0.3) is 0 Å². The van der Waals surface area contributed by atoms with Crippen molar-refractivity contribution >= 4 is 17.4 Å². The first-order valence-electron chi connectivity index (χ1n) is 7.42. The summed E-state index contributed by atoms with van der Waals surface area (Å²) >= 11 is 1.66. The van der Waals surface area contributed by atoms with Gasteiger partial charge in [-0.05, 0) is 31.4 Å². The van der Waals surface area contributed by atoms with Crippen molar-refractivity contribution in [3.05, 3.63) is 45.7 Å². The lowest BCUT2D eigenvalue weighted by Gasteiger charge is -2.16. The molecule has 2 aromatic heterocycles. The summed E-state index contributed by atoms with van der Waals surface area (Å²) in [6.07, 6.45) is 5.51. The Morgan fingerprint density at radius 2 is 2.14 bits per heavy atom. The van der Waals surface area contributed by atoms with E-state index in [4.69, 9.17) is 0 Å². The number of thiazole rings is 1. The second kappa shape index (κ2) is 7.89. The van der Waals surface area contributed by atoms with Gasteiger partial charge in [-0.1, -0.05) is 13.0 Å². The zero-order valence-corrected chi connectivity index (χ0v) is 14.1. The molecule has 2 aromatic rings. The van der Waals surface area contributed by atoms with E-state index < -0.39 is 0 Å². The lowest BCUT2D eigenvalue weighted by atomic mass is 10.2. The molecule has 0 aromatic carbocycles. The van der Waals surface area contributed by atoms with E-state index in [-0.39, 0.29) is 6.03 Å². The molecule has 2 amide bonds. The number of rotatable bonds is 6. The molecule has 0 saturated carbocycles. The maximum absolute atomic E-state index is 12.0. The SMILES string of the molecule is CCc1cnc(CN(C)C(=O)NCCc2ccc(C)nc2)s1. The van der Waals surface area contributed by atoms with E-state index in [0.717, 1.165) is 29.1 Å². The summed E-state index contributed by atoms with van der Waals surface area (Å²) in [5, 5.41) is 3.89. The van der Waals surface area contributed by atoms with E-state index in [1.165, 1.54) is 4.88 Å². The maximum atomic E-state index is 12.0. The topological polar surface area (TPSA) is 58.1 Å². The van der Waals surface area contributed by atoms with E-state index in [9.17, 15) is 4.79 Å². The summed E-state index contributed by atoms with van der Waals surface area (Å²) in [6.45, 7) is 5.21. The van der Waals surface area contributed by atoms with Crippen LogP contribution < -0.4 is 5.32 Å². The fraction of sp³-hybridized carbons (Fsp3) is 0.438. The summed E-state index contributed by atoms with van der Waals surface area (Å²) in [5.74, 6) is 0. The number of urea groups is 1. The molecular weight excluding hydrogens is 296 g/mol. The minimum absolute atomic E-state index is 0.0756. The van der Waals surface area contributed by atoms with Crippen molar-refractivity contribution in [3.63, 3.8) is 0 Å². The van der Waals surface area contributed by atoms with Crippen LogP contribution in [0.2, 0.25) is 0 Å². The number of hydrogen-bond acceptors (Lipinski definition) is 4. The number of pyridine rings is 1. The average molecular weight is 318 g/mol. The van der Waals surface area contributed by atoms with Gasteiger partial charge in [0.15, 0.2) is 0 Å². The van der Waals surface area contributed by atoms with Gasteiger partial charge >= 0.3 is 6.03 Å². The fourth-order valence-corrected chi connectivity index (χ4v) is 2.87. The number of carbonyl (C=O) groups is 1. The van der Waals surface area contributed by atoms with Gasteiger partial charge in [0.2, 0.25) is 0 Å². The normalized spacial score (nSPS) is 10.5. The Bertz CT molecular complexity index is 609. The van der Waals surface area contributed by atoms with Gasteiger partial charge < -0.3 is 10.2 Å². The largest absolute Gasteiger partial charge is 0.338 e. The molecule has 1 N–H and O–H groups in total. The molecule has 6 heteroatoms. The maximum Gasteiger partial charge on any atom is 0.317 e. The Hall–Kier alpha value is -1.95. The molecule has 118 valence electrons. The smallest absolute Gasteiger partial charge is 0.317 e. The van der Waals surface area contributed by atoms with Crippen LogP contribution >= 0.6 is 11.3 Å². The van der Waals surface area contributed by atoms with Crippen LogP contribution in [0.5, 0.6) is 0 Å². The zero-order valence-electron chi connectivity index (χ0n) is 13.3. The Kier molecular flexibility index (Phi) is 5.89. The van der Waals surface area contributed by atoms with Crippen molar-refractivity contribution < 1.29 is 4.79 Å². The number of carbonyl (C=O) groups excluding carboxylic acids is 1. The van der Waals surface area contributed by atoms with Gasteiger partial charge in [0.05, 0.1) is 6.54 Å². The van der Waals surface area contributed by atoms with Crippen molar-refractivity contribution in [2.45, 2.75) is 33.2 Å².